The lowest BCUT2D eigenvalue weighted by atomic mass is 9.91. The highest BCUT2D eigenvalue weighted by Crippen LogP contribution is 2.35. The molecule has 0 atom stereocenters. The number of aromatic nitrogens is 4. The number of amides is 1. The van der Waals surface area contributed by atoms with Crippen molar-refractivity contribution in [3.63, 3.8) is 0 Å². The van der Waals surface area contributed by atoms with Crippen molar-refractivity contribution in [3.05, 3.63) is 83.8 Å². The third kappa shape index (κ3) is 5.32. The molecule has 0 unspecified atom stereocenters. The van der Waals surface area contributed by atoms with E-state index in [9.17, 15) is 13.6 Å². The topological polar surface area (TPSA) is 128 Å². The van der Waals surface area contributed by atoms with E-state index in [0.29, 0.717) is 41.0 Å². The van der Waals surface area contributed by atoms with Crippen LogP contribution in [-0.4, -0.2) is 39.1 Å². The van der Waals surface area contributed by atoms with Gasteiger partial charge in [0.05, 0.1) is 35.7 Å². The number of ether oxygens (including phenoxy) is 2. The van der Waals surface area contributed by atoms with Crippen molar-refractivity contribution >= 4 is 11.9 Å². The Kier molecular flexibility index (Phi) is 6.64. The van der Waals surface area contributed by atoms with Crippen LogP contribution in [0.15, 0.2) is 60.8 Å². The van der Waals surface area contributed by atoms with Gasteiger partial charge in [-0.2, -0.15) is 0 Å². The second-order valence-electron chi connectivity index (χ2n) is 8.98. The lowest BCUT2D eigenvalue weighted by Crippen LogP contribution is -2.46. The number of hydrogen-bond donors (Lipinski definition) is 3. The molecule has 4 aromatic rings. The van der Waals surface area contributed by atoms with E-state index in [4.69, 9.17) is 15.2 Å². The number of halogens is 2. The van der Waals surface area contributed by atoms with Gasteiger partial charge in [-0.3, -0.25) is 4.79 Å². The van der Waals surface area contributed by atoms with Crippen molar-refractivity contribution < 1.29 is 23.0 Å². The Morgan fingerprint density at radius 1 is 1.05 bits per heavy atom. The minimum absolute atomic E-state index is 0.0693. The number of nitrogens with zero attached hydrogens (tertiary/aromatic N) is 3. The number of primary amides is 1. The maximum Gasteiger partial charge on any atom is 0.228 e. The van der Waals surface area contributed by atoms with Gasteiger partial charge in [0, 0.05) is 18.3 Å². The summed E-state index contributed by atoms with van der Waals surface area (Å²) < 4.78 is 38.3. The molecule has 37 heavy (non-hydrogen) atoms. The minimum atomic E-state index is -0.941. The molecule has 1 saturated heterocycles. The molecular weight excluding hydrogens is 482 g/mol. The van der Waals surface area contributed by atoms with Crippen LogP contribution in [0.3, 0.4) is 0 Å². The Morgan fingerprint density at radius 3 is 2.35 bits per heavy atom. The molecule has 1 amide bonds. The van der Waals surface area contributed by atoms with Crippen molar-refractivity contribution in [1.82, 2.24) is 19.9 Å². The summed E-state index contributed by atoms with van der Waals surface area (Å²) in [5, 5.41) is 3.13. The molecule has 1 aliphatic heterocycles. The fourth-order valence-corrected chi connectivity index (χ4v) is 3.78. The number of aromatic amines is 1. The average Bonchev–Trinajstić information content (AvgIpc) is 3.35. The number of nitrogens with two attached hydrogens (primary N) is 1. The highest BCUT2D eigenvalue weighted by atomic mass is 19.1. The third-order valence-electron chi connectivity index (χ3n) is 6.04. The van der Waals surface area contributed by atoms with Crippen molar-refractivity contribution in [2.24, 2.45) is 11.1 Å². The zero-order valence-corrected chi connectivity index (χ0v) is 19.9. The maximum atomic E-state index is 13.6. The number of carbonyl (C=O) groups excluding carboxylic acids is 1. The molecule has 0 spiro atoms. The first-order valence-corrected chi connectivity index (χ1v) is 11.5. The molecule has 1 fully saturated rings. The molecule has 11 heteroatoms. The molecule has 0 bridgehead atoms. The number of nitrogens with one attached hydrogen (secondary N) is 2. The molecule has 1 aliphatic rings. The standard InChI is InChI=1S/C26H24F2N6O3/c1-26(24(29)35)13-36-23(37-14-26)22-33-20(16-4-8-18(28)9-5-16)21(34-22)19-10-11-30-25(32-19)31-12-15-2-6-17(27)7-3-15/h2-11,23H,12-14H2,1H3,(H2,29,35)(H,33,34)(H,30,31,32). The van der Waals surface area contributed by atoms with Crippen molar-refractivity contribution in [1.29, 1.82) is 0 Å². The molecule has 9 nitrogen and oxygen atoms in total. The maximum absolute atomic E-state index is 13.6. The number of imidazole rings is 1. The predicted molar refractivity (Wildman–Crippen MR) is 131 cm³/mol. The third-order valence-corrected chi connectivity index (χ3v) is 6.04. The summed E-state index contributed by atoms with van der Waals surface area (Å²) in [5.41, 5.74) is 7.62. The fourth-order valence-electron chi connectivity index (χ4n) is 3.78. The molecule has 3 heterocycles. The molecule has 2 aromatic carbocycles. The highest BCUT2D eigenvalue weighted by molar-refractivity contribution is 5.81. The van der Waals surface area contributed by atoms with Gasteiger partial charge in [-0.25, -0.2) is 23.7 Å². The van der Waals surface area contributed by atoms with Gasteiger partial charge in [-0.1, -0.05) is 12.1 Å². The van der Waals surface area contributed by atoms with Gasteiger partial charge in [-0.05, 0) is 55.0 Å². The Hall–Kier alpha value is -4.22. The van der Waals surface area contributed by atoms with Crippen LogP contribution < -0.4 is 11.1 Å². The molecular formula is C26H24F2N6O3. The number of anilines is 1. The molecule has 0 radical (unpaired) electrons. The normalized spacial score (nSPS) is 19.5. The molecule has 0 aliphatic carbocycles. The van der Waals surface area contributed by atoms with Crippen LogP contribution in [0.4, 0.5) is 14.7 Å². The van der Waals surface area contributed by atoms with E-state index in [0.717, 1.165) is 5.56 Å². The van der Waals surface area contributed by atoms with E-state index in [1.165, 1.54) is 24.3 Å². The van der Waals surface area contributed by atoms with Gasteiger partial charge in [0.1, 0.15) is 11.6 Å². The predicted octanol–water partition coefficient (Wildman–Crippen LogP) is 3.96. The Bertz CT molecular complexity index is 1400. The molecule has 2 aromatic heterocycles. The van der Waals surface area contributed by atoms with Gasteiger partial charge in [0.25, 0.3) is 0 Å². The highest BCUT2D eigenvalue weighted by Gasteiger charge is 2.39. The quantitative estimate of drug-likeness (QED) is 0.346. The van der Waals surface area contributed by atoms with E-state index in [-0.39, 0.29) is 24.8 Å². The summed E-state index contributed by atoms with van der Waals surface area (Å²) in [6, 6.07) is 13.7. The first kappa shape index (κ1) is 24.5. The van der Waals surface area contributed by atoms with Crippen LogP contribution in [0.5, 0.6) is 0 Å². The smallest absolute Gasteiger partial charge is 0.228 e. The largest absolute Gasteiger partial charge is 0.369 e. The van der Waals surface area contributed by atoms with Gasteiger partial charge in [-0.15, -0.1) is 0 Å². The van der Waals surface area contributed by atoms with Gasteiger partial charge >= 0.3 is 0 Å². The zero-order chi connectivity index (χ0) is 26.0. The van der Waals surface area contributed by atoms with Gasteiger partial charge < -0.3 is 25.5 Å². The molecule has 5 rings (SSSR count). The Balaban J connectivity index is 1.44. The molecule has 0 saturated carbocycles. The van der Waals surface area contributed by atoms with E-state index < -0.39 is 17.6 Å². The van der Waals surface area contributed by atoms with E-state index in [1.807, 2.05) is 0 Å². The van der Waals surface area contributed by atoms with Gasteiger partial charge in [0.15, 0.2) is 5.82 Å². The molecule has 190 valence electrons. The number of hydrogen-bond acceptors (Lipinski definition) is 7. The second-order valence-corrected chi connectivity index (χ2v) is 8.98. The van der Waals surface area contributed by atoms with Gasteiger partial charge in [0.2, 0.25) is 18.1 Å². The number of rotatable bonds is 7. The summed E-state index contributed by atoms with van der Waals surface area (Å²) in [6.07, 6.45) is 0.731. The number of benzene rings is 2. The summed E-state index contributed by atoms with van der Waals surface area (Å²) >= 11 is 0. The van der Waals surface area contributed by atoms with E-state index >= 15 is 0 Å². The fraction of sp³-hybridized carbons (Fsp3) is 0.231. The summed E-state index contributed by atoms with van der Waals surface area (Å²) in [6.45, 7) is 2.20. The average molecular weight is 507 g/mol. The second kappa shape index (κ2) is 10.0. The van der Waals surface area contributed by atoms with Crippen LogP contribution >= 0.6 is 0 Å². The summed E-state index contributed by atoms with van der Waals surface area (Å²) in [4.78, 5) is 28.5. The lowest BCUT2D eigenvalue weighted by Gasteiger charge is -2.34. The van der Waals surface area contributed by atoms with Crippen LogP contribution in [0.25, 0.3) is 22.6 Å². The van der Waals surface area contributed by atoms with Crippen molar-refractivity contribution in [2.45, 2.75) is 19.8 Å². The SMILES string of the molecule is CC1(C(N)=O)COC(c2nc(-c3ccc(F)cc3)c(-c3ccnc(NCc4ccc(F)cc4)n3)[nH]2)OC1. The Labute approximate surface area is 211 Å². The van der Waals surface area contributed by atoms with Crippen LogP contribution in [0.1, 0.15) is 24.6 Å². The number of carbonyl (C=O) groups is 1. The monoisotopic (exact) mass is 506 g/mol. The van der Waals surface area contributed by atoms with E-state index in [1.54, 1.807) is 43.5 Å². The first-order chi connectivity index (χ1) is 17.8. The van der Waals surface area contributed by atoms with Crippen molar-refractivity contribution in [2.75, 3.05) is 18.5 Å². The van der Waals surface area contributed by atoms with E-state index in [2.05, 4.69) is 25.3 Å². The van der Waals surface area contributed by atoms with Crippen LogP contribution in [-0.2, 0) is 20.8 Å². The van der Waals surface area contributed by atoms with Crippen molar-refractivity contribution in [3.8, 4) is 22.6 Å². The first-order valence-electron chi connectivity index (χ1n) is 11.5. The lowest BCUT2D eigenvalue weighted by molar-refractivity contribution is -0.230. The zero-order valence-electron chi connectivity index (χ0n) is 19.9. The Morgan fingerprint density at radius 2 is 1.70 bits per heavy atom. The van der Waals surface area contributed by atoms with Crippen LogP contribution in [0, 0.1) is 17.0 Å². The minimum Gasteiger partial charge on any atom is -0.369 e. The summed E-state index contributed by atoms with van der Waals surface area (Å²) in [7, 11) is 0. The summed E-state index contributed by atoms with van der Waals surface area (Å²) in [5.74, 6) is -0.485. The molecule has 4 N–H and O–H groups in total. The number of H-pyrrole nitrogens is 1. The van der Waals surface area contributed by atoms with Crippen LogP contribution in [0.2, 0.25) is 0 Å².